The maximum atomic E-state index is 12.3. The molecule has 0 aromatic carbocycles. The van der Waals surface area contributed by atoms with Crippen molar-refractivity contribution in [3.05, 3.63) is 0 Å². The molecule has 20 heavy (non-hydrogen) atoms. The van der Waals surface area contributed by atoms with Gasteiger partial charge in [0.15, 0.2) is 0 Å². The Kier molecular flexibility index (Phi) is 5.02. The van der Waals surface area contributed by atoms with Crippen molar-refractivity contribution in [3.8, 4) is 0 Å². The predicted molar refractivity (Wildman–Crippen MR) is 78.2 cm³/mol. The third-order valence-corrected chi connectivity index (χ3v) is 4.39. The van der Waals surface area contributed by atoms with Gasteiger partial charge in [0.05, 0.1) is 6.54 Å². The van der Waals surface area contributed by atoms with E-state index >= 15 is 0 Å². The molecule has 2 fully saturated rings. The topological polar surface area (TPSA) is 52.6 Å². The van der Waals surface area contributed by atoms with Crippen LogP contribution in [0, 0.1) is 5.92 Å². The minimum Gasteiger partial charge on any atom is -0.342 e. The van der Waals surface area contributed by atoms with Gasteiger partial charge in [0.2, 0.25) is 11.8 Å². The summed E-state index contributed by atoms with van der Waals surface area (Å²) < 4.78 is 0. The average molecular weight is 281 g/mol. The van der Waals surface area contributed by atoms with Gasteiger partial charge < -0.3 is 15.1 Å². The third-order valence-electron chi connectivity index (χ3n) is 4.39. The van der Waals surface area contributed by atoms with Crippen LogP contribution in [0.4, 0.5) is 0 Å². The second kappa shape index (κ2) is 6.57. The van der Waals surface area contributed by atoms with Crippen molar-refractivity contribution in [2.45, 2.75) is 51.6 Å². The summed E-state index contributed by atoms with van der Waals surface area (Å²) in [6, 6.07) is 0.311. The summed E-state index contributed by atoms with van der Waals surface area (Å²) in [5, 5.41) is 2.84. The lowest BCUT2D eigenvalue weighted by Crippen LogP contribution is -2.58. The van der Waals surface area contributed by atoms with Gasteiger partial charge in [-0.1, -0.05) is 0 Å². The van der Waals surface area contributed by atoms with Gasteiger partial charge in [-0.2, -0.15) is 0 Å². The van der Waals surface area contributed by atoms with Gasteiger partial charge in [0.25, 0.3) is 0 Å². The fraction of sp³-hybridized carbons (Fsp3) is 0.867. The normalized spacial score (nSPS) is 23.6. The number of unbranched alkanes of at least 4 members (excludes halogenated alkanes) is 1. The predicted octanol–water partition coefficient (Wildman–Crippen LogP) is 0.844. The first-order valence-corrected chi connectivity index (χ1v) is 7.77. The second-order valence-electron chi connectivity index (χ2n) is 6.42. The average Bonchev–Trinajstić information content (AvgIpc) is 3.21. The molecule has 1 unspecified atom stereocenters. The van der Waals surface area contributed by atoms with Gasteiger partial charge in [0, 0.05) is 12.6 Å². The number of piperazine rings is 1. The number of hydrogen-bond acceptors (Lipinski definition) is 3. The van der Waals surface area contributed by atoms with Crippen molar-refractivity contribution < 1.29 is 9.59 Å². The van der Waals surface area contributed by atoms with Crippen LogP contribution in [0.2, 0.25) is 0 Å². The molecule has 2 rings (SSSR count). The number of amides is 2. The van der Waals surface area contributed by atoms with Gasteiger partial charge >= 0.3 is 0 Å². The highest BCUT2D eigenvalue weighted by molar-refractivity contribution is 5.95. The number of carbonyl (C=O) groups is 2. The Morgan fingerprint density at radius 3 is 2.60 bits per heavy atom. The Hall–Kier alpha value is -1.10. The molecule has 1 aliphatic carbocycles. The van der Waals surface area contributed by atoms with Gasteiger partial charge in [-0.3, -0.25) is 9.59 Å². The first-order valence-electron chi connectivity index (χ1n) is 7.77. The molecule has 1 saturated carbocycles. The van der Waals surface area contributed by atoms with Gasteiger partial charge in [-0.25, -0.2) is 0 Å². The summed E-state index contributed by atoms with van der Waals surface area (Å²) in [6.45, 7) is 6.35. The largest absolute Gasteiger partial charge is 0.342 e. The van der Waals surface area contributed by atoms with E-state index in [2.05, 4.69) is 31.1 Å². The zero-order valence-corrected chi connectivity index (χ0v) is 12.9. The van der Waals surface area contributed by atoms with Crippen molar-refractivity contribution in [1.29, 1.82) is 0 Å². The van der Waals surface area contributed by atoms with Crippen LogP contribution < -0.4 is 5.32 Å². The summed E-state index contributed by atoms with van der Waals surface area (Å²) in [5.74, 6) is 0.520. The standard InChI is InChI=1S/C15H27N3O2/c1-11(2)17(3)8-4-5-9-18-10-13(19)16-14(15(18)20)12-6-7-12/h11-12,14H,4-10H2,1-3H3,(H,16,19). The molecule has 5 heteroatoms. The summed E-state index contributed by atoms with van der Waals surface area (Å²) in [6.07, 6.45) is 4.18. The van der Waals surface area contributed by atoms with E-state index in [0.29, 0.717) is 18.5 Å². The van der Waals surface area contributed by atoms with Gasteiger partial charge in [0.1, 0.15) is 6.04 Å². The van der Waals surface area contributed by atoms with Crippen LogP contribution in [0.1, 0.15) is 39.5 Å². The van der Waals surface area contributed by atoms with E-state index in [0.717, 1.165) is 32.2 Å². The van der Waals surface area contributed by atoms with Crippen LogP contribution in [0.25, 0.3) is 0 Å². The van der Waals surface area contributed by atoms with Crippen molar-refractivity contribution in [2.75, 3.05) is 26.7 Å². The molecule has 2 amide bonds. The minimum absolute atomic E-state index is 0.000739. The number of carbonyl (C=O) groups excluding carboxylic acids is 2. The highest BCUT2D eigenvalue weighted by Gasteiger charge is 2.42. The lowest BCUT2D eigenvalue weighted by Gasteiger charge is -2.32. The summed E-state index contributed by atoms with van der Waals surface area (Å²) in [7, 11) is 2.12. The van der Waals surface area contributed by atoms with Crippen molar-refractivity contribution in [1.82, 2.24) is 15.1 Å². The maximum absolute atomic E-state index is 12.3. The van der Waals surface area contributed by atoms with E-state index in [4.69, 9.17) is 0 Å². The molecule has 0 radical (unpaired) electrons. The van der Waals surface area contributed by atoms with Crippen LogP contribution in [-0.2, 0) is 9.59 Å². The van der Waals surface area contributed by atoms with E-state index < -0.39 is 0 Å². The molecule has 0 aromatic rings. The number of rotatable bonds is 7. The summed E-state index contributed by atoms with van der Waals surface area (Å²) in [5.41, 5.74) is 0. The number of nitrogens with zero attached hydrogens (tertiary/aromatic N) is 2. The fourth-order valence-electron chi connectivity index (χ4n) is 2.59. The smallest absolute Gasteiger partial charge is 0.245 e. The Morgan fingerprint density at radius 1 is 1.30 bits per heavy atom. The van der Waals surface area contributed by atoms with Crippen molar-refractivity contribution in [3.63, 3.8) is 0 Å². The molecule has 2 aliphatic rings. The number of nitrogens with one attached hydrogen (secondary N) is 1. The molecule has 114 valence electrons. The van der Waals surface area contributed by atoms with Crippen LogP contribution in [0.15, 0.2) is 0 Å². The highest BCUT2D eigenvalue weighted by atomic mass is 16.2. The van der Waals surface area contributed by atoms with Crippen LogP contribution in [-0.4, -0.2) is 60.4 Å². The molecule has 1 atom stereocenters. The Labute approximate surface area is 121 Å². The van der Waals surface area contributed by atoms with Crippen LogP contribution in [0.5, 0.6) is 0 Å². The Bertz CT molecular complexity index is 366. The quantitative estimate of drug-likeness (QED) is 0.704. The van der Waals surface area contributed by atoms with E-state index in [1.807, 2.05) is 0 Å². The molecule has 1 aliphatic heterocycles. The molecule has 1 heterocycles. The maximum Gasteiger partial charge on any atom is 0.245 e. The first-order chi connectivity index (χ1) is 9.49. The Morgan fingerprint density at radius 2 is 2.00 bits per heavy atom. The van der Waals surface area contributed by atoms with Crippen LogP contribution in [0.3, 0.4) is 0 Å². The second-order valence-corrected chi connectivity index (χ2v) is 6.42. The molecule has 5 nitrogen and oxygen atoms in total. The first kappa shape index (κ1) is 15.3. The monoisotopic (exact) mass is 281 g/mol. The molecular weight excluding hydrogens is 254 g/mol. The number of hydrogen-bond donors (Lipinski definition) is 1. The van der Waals surface area contributed by atoms with Crippen LogP contribution >= 0.6 is 0 Å². The van der Waals surface area contributed by atoms with E-state index in [1.54, 1.807) is 4.90 Å². The van der Waals surface area contributed by atoms with E-state index in [-0.39, 0.29) is 24.4 Å². The molecule has 0 spiro atoms. The van der Waals surface area contributed by atoms with E-state index in [9.17, 15) is 9.59 Å². The highest BCUT2D eigenvalue weighted by Crippen LogP contribution is 2.34. The molecule has 1 saturated heterocycles. The Balaban J connectivity index is 1.73. The van der Waals surface area contributed by atoms with Crippen molar-refractivity contribution in [2.24, 2.45) is 5.92 Å². The zero-order chi connectivity index (χ0) is 14.7. The SMILES string of the molecule is CC(C)N(C)CCCCN1CC(=O)NC(C2CC2)C1=O. The summed E-state index contributed by atoms with van der Waals surface area (Å²) in [4.78, 5) is 28.0. The minimum atomic E-state index is -0.241. The van der Waals surface area contributed by atoms with Gasteiger partial charge in [-0.15, -0.1) is 0 Å². The molecule has 0 aromatic heterocycles. The molecule has 0 bridgehead atoms. The van der Waals surface area contributed by atoms with Crippen molar-refractivity contribution >= 4 is 11.8 Å². The summed E-state index contributed by atoms with van der Waals surface area (Å²) >= 11 is 0. The lowest BCUT2D eigenvalue weighted by molar-refractivity contribution is -0.144. The molecule has 1 N–H and O–H groups in total. The van der Waals surface area contributed by atoms with E-state index in [1.165, 1.54) is 0 Å². The molecular formula is C15H27N3O2. The zero-order valence-electron chi connectivity index (χ0n) is 12.9. The fourth-order valence-corrected chi connectivity index (χ4v) is 2.59. The third kappa shape index (κ3) is 3.95. The lowest BCUT2D eigenvalue weighted by atomic mass is 10.1. The van der Waals surface area contributed by atoms with Gasteiger partial charge in [-0.05, 0) is 59.0 Å².